The first kappa shape index (κ1) is 12.1. The molecular formula is C16H18S. The van der Waals surface area contributed by atoms with Crippen LogP contribution in [0.5, 0.6) is 0 Å². The van der Waals surface area contributed by atoms with Gasteiger partial charge in [0.1, 0.15) is 0 Å². The van der Waals surface area contributed by atoms with Crippen molar-refractivity contribution in [2.75, 3.05) is 0 Å². The number of hydrogen-bond acceptors (Lipinski definition) is 1. The summed E-state index contributed by atoms with van der Waals surface area (Å²) < 4.78 is 0. The van der Waals surface area contributed by atoms with E-state index in [1.165, 1.54) is 21.6 Å². The molecule has 1 heteroatoms. The maximum atomic E-state index is 3.81. The Balaban J connectivity index is 2.26. The van der Waals surface area contributed by atoms with Gasteiger partial charge in [-0.2, -0.15) is 0 Å². The smallest absolute Gasteiger partial charge is 0.00829 e. The van der Waals surface area contributed by atoms with Crippen molar-refractivity contribution in [2.24, 2.45) is 0 Å². The normalized spacial score (nSPS) is 12.4. The lowest BCUT2D eigenvalue weighted by molar-refractivity contribution is 0.799. The van der Waals surface area contributed by atoms with Crippen molar-refractivity contribution in [2.45, 2.75) is 26.2 Å². The Morgan fingerprint density at radius 2 is 2.12 bits per heavy atom. The summed E-state index contributed by atoms with van der Waals surface area (Å²) in [6.45, 7) is 8.20. The van der Waals surface area contributed by atoms with E-state index in [2.05, 4.69) is 56.1 Å². The van der Waals surface area contributed by atoms with E-state index in [1.54, 1.807) is 0 Å². The first-order chi connectivity index (χ1) is 8.20. The standard InChI is InChI=1S/C16H18S/c1-4-6-13(3)16-10-15(11-17-16)14-8-5-7-12(2)9-14/h4-5,7-11,13H,1,6H2,2-3H3. The second kappa shape index (κ2) is 5.33. The number of allylic oxidation sites excluding steroid dienone is 1. The van der Waals surface area contributed by atoms with Crippen LogP contribution in [0.25, 0.3) is 11.1 Å². The largest absolute Gasteiger partial charge is 0.148 e. The van der Waals surface area contributed by atoms with Crippen molar-refractivity contribution in [3.05, 3.63) is 58.8 Å². The van der Waals surface area contributed by atoms with Crippen LogP contribution in [0.2, 0.25) is 0 Å². The quantitative estimate of drug-likeness (QED) is 0.629. The summed E-state index contributed by atoms with van der Waals surface area (Å²) in [5, 5.41) is 2.25. The molecule has 1 heterocycles. The number of benzene rings is 1. The van der Waals surface area contributed by atoms with Crippen LogP contribution in [0.4, 0.5) is 0 Å². The molecule has 0 fully saturated rings. The van der Waals surface area contributed by atoms with Gasteiger partial charge in [-0.1, -0.05) is 42.8 Å². The van der Waals surface area contributed by atoms with E-state index in [4.69, 9.17) is 0 Å². The van der Waals surface area contributed by atoms with Gasteiger partial charge < -0.3 is 0 Å². The van der Waals surface area contributed by atoms with Gasteiger partial charge >= 0.3 is 0 Å². The van der Waals surface area contributed by atoms with Gasteiger partial charge in [0.15, 0.2) is 0 Å². The minimum atomic E-state index is 0.580. The topological polar surface area (TPSA) is 0 Å². The highest BCUT2D eigenvalue weighted by atomic mass is 32.1. The van der Waals surface area contributed by atoms with Crippen LogP contribution in [0.3, 0.4) is 0 Å². The first-order valence-corrected chi connectivity index (χ1v) is 6.85. The third-order valence-electron chi connectivity index (χ3n) is 2.98. The third kappa shape index (κ3) is 2.86. The summed E-state index contributed by atoms with van der Waals surface area (Å²) in [6.07, 6.45) is 3.05. The molecule has 0 amide bonds. The molecule has 0 nitrogen and oxygen atoms in total. The molecule has 1 unspecified atom stereocenters. The number of hydrogen-bond donors (Lipinski definition) is 0. The van der Waals surface area contributed by atoms with Crippen molar-refractivity contribution in [3.8, 4) is 11.1 Å². The van der Waals surface area contributed by atoms with E-state index >= 15 is 0 Å². The van der Waals surface area contributed by atoms with E-state index < -0.39 is 0 Å². The molecule has 0 radical (unpaired) electrons. The van der Waals surface area contributed by atoms with Gasteiger partial charge in [0, 0.05) is 4.88 Å². The van der Waals surface area contributed by atoms with Gasteiger partial charge in [-0.3, -0.25) is 0 Å². The Morgan fingerprint density at radius 1 is 1.29 bits per heavy atom. The lowest BCUT2D eigenvalue weighted by atomic mass is 10.0. The zero-order valence-corrected chi connectivity index (χ0v) is 11.3. The highest BCUT2D eigenvalue weighted by molar-refractivity contribution is 7.10. The van der Waals surface area contributed by atoms with Crippen molar-refractivity contribution < 1.29 is 0 Å². The molecule has 0 spiro atoms. The SMILES string of the molecule is C=CCC(C)c1cc(-c2cccc(C)c2)cs1. The fraction of sp³-hybridized carbons (Fsp3) is 0.250. The lowest BCUT2D eigenvalue weighted by Gasteiger charge is -2.04. The van der Waals surface area contributed by atoms with Crippen molar-refractivity contribution in [3.63, 3.8) is 0 Å². The monoisotopic (exact) mass is 242 g/mol. The molecular weight excluding hydrogens is 224 g/mol. The van der Waals surface area contributed by atoms with E-state index in [0.29, 0.717) is 5.92 Å². The summed E-state index contributed by atoms with van der Waals surface area (Å²) in [5.74, 6) is 0.580. The average Bonchev–Trinajstić information content (AvgIpc) is 2.78. The van der Waals surface area contributed by atoms with E-state index in [-0.39, 0.29) is 0 Å². The van der Waals surface area contributed by atoms with Gasteiger partial charge in [0.2, 0.25) is 0 Å². The van der Waals surface area contributed by atoms with E-state index in [0.717, 1.165) is 6.42 Å². The summed E-state index contributed by atoms with van der Waals surface area (Å²) in [6, 6.07) is 11.0. The molecule has 0 N–H and O–H groups in total. The summed E-state index contributed by atoms with van der Waals surface area (Å²) >= 11 is 1.85. The Kier molecular flexibility index (Phi) is 3.80. The molecule has 2 rings (SSSR count). The zero-order chi connectivity index (χ0) is 12.3. The van der Waals surface area contributed by atoms with Crippen molar-refractivity contribution >= 4 is 11.3 Å². The van der Waals surface area contributed by atoms with Crippen LogP contribution >= 0.6 is 11.3 Å². The minimum absolute atomic E-state index is 0.580. The summed E-state index contributed by atoms with van der Waals surface area (Å²) in [7, 11) is 0. The predicted octanol–water partition coefficient (Wildman–Crippen LogP) is 5.40. The Hall–Kier alpha value is -1.34. The van der Waals surface area contributed by atoms with Gasteiger partial charge in [0.25, 0.3) is 0 Å². The Bertz CT molecular complexity index is 508. The van der Waals surface area contributed by atoms with Gasteiger partial charge in [-0.25, -0.2) is 0 Å². The number of rotatable bonds is 4. The fourth-order valence-corrected chi connectivity index (χ4v) is 2.94. The highest BCUT2D eigenvalue weighted by Gasteiger charge is 2.08. The number of thiophene rings is 1. The summed E-state index contributed by atoms with van der Waals surface area (Å²) in [5.41, 5.74) is 3.97. The molecule has 88 valence electrons. The maximum Gasteiger partial charge on any atom is 0.00829 e. The maximum absolute atomic E-state index is 3.81. The van der Waals surface area contributed by atoms with Crippen molar-refractivity contribution in [1.82, 2.24) is 0 Å². The molecule has 1 aromatic heterocycles. The van der Waals surface area contributed by atoms with Gasteiger partial charge in [0.05, 0.1) is 0 Å². The molecule has 0 saturated heterocycles. The second-order valence-electron chi connectivity index (χ2n) is 4.53. The van der Waals surface area contributed by atoms with Gasteiger partial charge in [-0.05, 0) is 41.8 Å². The molecule has 0 aliphatic rings. The van der Waals surface area contributed by atoms with E-state index in [9.17, 15) is 0 Å². The van der Waals surface area contributed by atoms with Crippen LogP contribution in [0.1, 0.15) is 29.7 Å². The number of aryl methyl sites for hydroxylation is 1. The zero-order valence-electron chi connectivity index (χ0n) is 10.4. The molecule has 0 aliphatic heterocycles. The van der Waals surface area contributed by atoms with Crippen LogP contribution < -0.4 is 0 Å². The first-order valence-electron chi connectivity index (χ1n) is 5.97. The molecule has 2 aromatic rings. The highest BCUT2D eigenvalue weighted by Crippen LogP contribution is 2.31. The van der Waals surface area contributed by atoms with Crippen LogP contribution in [0.15, 0.2) is 48.4 Å². The molecule has 17 heavy (non-hydrogen) atoms. The lowest BCUT2D eigenvalue weighted by Crippen LogP contribution is -1.86. The van der Waals surface area contributed by atoms with Crippen LogP contribution in [-0.2, 0) is 0 Å². The summed E-state index contributed by atoms with van der Waals surface area (Å²) in [4.78, 5) is 1.45. The van der Waals surface area contributed by atoms with Crippen LogP contribution in [0, 0.1) is 6.92 Å². The van der Waals surface area contributed by atoms with Crippen LogP contribution in [-0.4, -0.2) is 0 Å². The fourth-order valence-electron chi connectivity index (χ4n) is 1.95. The Morgan fingerprint density at radius 3 is 2.82 bits per heavy atom. The molecule has 0 aliphatic carbocycles. The molecule has 0 saturated carbocycles. The molecule has 0 bridgehead atoms. The van der Waals surface area contributed by atoms with Crippen molar-refractivity contribution in [1.29, 1.82) is 0 Å². The molecule has 1 aromatic carbocycles. The van der Waals surface area contributed by atoms with E-state index in [1.807, 2.05) is 17.4 Å². The second-order valence-corrected chi connectivity index (χ2v) is 5.48. The molecule has 1 atom stereocenters. The average molecular weight is 242 g/mol. The predicted molar refractivity (Wildman–Crippen MR) is 77.7 cm³/mol. The third-order valence-corrected chi connectivity index (χ3v) is 4.14. The minimum Gasteiger partial charge on any atom is -0.148 e. The Labute approximate surface area is 108 Å². The van der Waals surface area contributed by atoms with Gasteiger partial charge in [-0.15, -0.1) is 17.9 Å².